The number of aryl methyl sites for hydroxylation is 1. The number of nitrogens with one attached hydrogen (secondary N) is 4. The number of ether oxygens (including phenoxy) is 1. The summed E-state index contributed by atoms with van der Waals surface area (Å²) in [6.07, 6.45) is -1.61. The number of halogens is 2. The second-order valence-corrected chi connectivity index (χ2v) is 18.0. The molecule has 4 N–H and O–H groups in total. The van der Waals surface area contributed by atoms with Crippen LogP contribution in [-0.2, 0) is 39.9 Å². The number of benzene rings is 2. The molecule has 14 nitrogen and oxygen atoms in total. The number of fused-ring (bicyclic) bond motifs is 1. The highest BCUT2D eigenvalue weighted by molar-refractivity contribution is 6.38. The maximum Gasteiger partial charge on any atom is 0.408 e. The van der Waals surface area contributed by atoms with Gasteiger partial charge in [0.25, 0.3) is 5.91 Å². The van der Waals surface area contributed by atoms with Crippen LogP contribution in [0, 0.1) is 23.2 Å². The number of likely N-dealkylation sites (tertiary alicyclic amines) is 1. The van der Waals surface area contributed by atoms with E-state index in [-0.39, 0.29) is 49.5 Å². The molecule has 1 heterocycles. The summed E-state index contributed by atoms with van der Waals surface area (Å²) in [5.41, 5.74) is 0.0755. The Balaban J connectivity index is 1.34. The van der Waals surface area contributed by atoms with Crippen molar-refractivity contribution in [2.75, 3.05) is 27.2 Å². The van der Waals surface area contributed by atoms with E-state index in [0.717, 1.165) is 5.56 Å². The van der Waals surface area contributed by atoms with Gasteiger partial charge in [0.15, 0.2) is 0 Å². The number of nitrogens with zero attached hydrogens (tertiary/aromatic N) is 2. The van der Waals surface area contributed by atoms with Gasteiger partial charge in [-0.1, -0.05) is 74.5 Å². The third kappa shape index (κ3) is 11.2. The molecule has 3 fully saturated rings. The van der Waals surface area contributed by atoms with Crippen LogP contribution in [0.2, 0.25) is 0 Å². The number of Topliss-reactive ketones (excluding diaryl/α,β-unsaturated/α-hetero) is 1. The monoisotopic (exact) mass is 836 g/mol. The smallest absolute Gasteiger partial charge is 0.408 e. The van der Waals surface area contributed by atoms with Gasteiger partial charge in [-0.25, -0.2) is 13.6 Å². The van der Waals surface area contributed by atoms with Crippen molar-refractivity contribution in [3.63, 3.8) is 0 Å². The Hall–Kier alpha value is -5.41. The van der Waals surface area contributed by atoms with E-state index >= 15 is 0 Å². The molecule has 2 aliphatic carbocycles. The van der Waals surface area contributed by atoms with E-state index in [0.29, 0.717) is 5.56 Å². The maximum absolute atomic E-state index is 14.5. The zero-order valence-electron chi connectivity index (χ0n) is 35.4. The second-order valence-electron chi connectivity index (χ2n) is 18.0. The third-order valence-electron chi connectivity index (χ3n) is 11.9. The number of hydrogen-bond acceptors (Lipinski definition) is 8. The van der Waals surface area contributed by atoms with Crippen molar-refractivity contribution in [2.24, 2.45) is 23.2 Å². The Morgan fingerprint density at radius 1 is 0.883 bits per heavy atom. The Bertz CT molecular complexity index is 1910. The molecule has 3 aliphatic rings. The van der Waals surface area contributed by atoms with Crippen molar-refractivity contribution in [2.45, 2.75) is 109 Å². The first-order chi connectivity index (χ1) is 28.1. The predicted molar refractivity (Wildman–Crippen MR) is 217 cm³/mol. The molecular weight excluding hydrogens is 779 g/mol. The van der Waals surface area contributed by atoms with Gasteiger partial charge in [-0.15, -0.1) is 0 Å². The zero-order chi connectivity index (χ0) is 44.2. The van der Waals surface area contributed by atoms with Gasteiger partial charge < -0.3 is 35.8 Å². The van der Waals surface area contributed by atoms with Gasteiger partial charge in [-0.2, -0.15) is 0 Å². The number of hydrogen-bond donors (Lipinski definition) is 4. The number of amides is 6. The van der Waals surface area contributed by atoms with E-state index < -0.39 is 102 Å². The number of ketones is 1. The first-order valence-corrected chi connectivity index (χ1v) is 20.5. The van der Waals surface area contributed by atoms with Crippen molar-refractivity contribution in [1.29, 1.82) is 0 Å². The third-order valence-corrected chi connectivity index (χ3v) is 11.9. The maximum atomic E-state index is 14.5. The summed E-state index contributed by atoms with van der Waals surface area (Å²) in [4.78, 5) is 98.0. The van der Waals surface area contributed by atoms with Gasteiger partial charge in [0.1, 0.15) is 23.7 Å². The van der Waals surface area contributed by atoms with Crippen LogP contribution >= 0.6 is 0 Å². The second kappa shape index (κ2) is 18.5. The molecule has 0 spiro atoms. The van der Waals surface area contributed by atoms with Gasteiger partial charge >= 0.3 is 6.09 Å². The van der Waals surface area contributed by atoms with Crippen LogP contribution < -0.4 is 21.3 Å². The molecule has 2 aromatic carbocycles. The van der Waals surface area contributed by atoms with Crippen LogP contribution in [-0.4, -0.2) is 108 Å². The molecule has 0 radical (unpaired) electrons. The summed E-state index contributed by atoms with van der Waals surface area (Å²) in [6, 6.07) is 12.9. The summed E-state index contributed by atoms with van der Waals surface area (Å²) in [6.45, 7) is 8.41. The van der Waals surface area contributed by atoms with Crippen molar-refractivity contribution >= 4 is 41.4 Å². The van der Waals surface area contributed by atoms with E-state index in [1.807, 2.05) is 44.2 Å². The van der Waals surface area contributed by atoms with Crippen LogP contribution in [0.5, 0.6) is 0 Å². The molecule has 6 atom stereocenters. The largest absolute Gasteiger partial charge is 0.444 e. The fraction of sp³-hybridized carbons (Fsp3) is 0.568. The molecule has 4 unspecified atom stereocenters. The van der Waals surface area contributed by atoms with Crippen molar-refractivity contribution < 1.29 is 47.1 Å². The van der Waals surface area contributed by atoms with Gasteiger partial charge in [0.05, 0.1) is 12.6 Å². The summed E-state index contributed by atoms with van der Waals surface area (Å²) in [5, 5.41) is 10.3. The first kappa shape index (κ1) is 45.7. The van der Waals surface area contributed by atoms with Gasteiger partial charge in [0, 0.05) is 33.5 Å². The lowest BCUT2D eigenvalue weighted by Crippen LogP contribution is -2.60. The van der Waals surface area contributed by atoms with Crippen LogP contribution in [0.3, 0.4) is 0 Å². The van der Waals surface area contributed by atoms with Crippen LogP contribution in [0.15, 0.2) is 60.7 Å². The van der Waals surface area contributed by atoms with E-state index in [4.69, 9.17) is 4.74 Å². The molecule has 2 saturated carbocycles. The van der Waals surface area contributed by atoms with Crippen molar-refractivity contribution in [3.8, 4) is 0 Å². The Morgan fingerprint density at radius 3 is 2.07 bits per heavy atom. The Kier molecular flexibility index (Phi) is 14.1. The summed E-state index contributed by atoms with van der Waals surface area (Å²) < 4.78 is 34.0. The van der Waals surface area contributed by atoms with E-state index in [9.17, 15) is 42.3 Å². The molecule has 2 aromatic rings. The number of piperidine rings is 1. The van der Waals surface area contributed by atoms with Gasteiger partial charge in [-0.05, 0) is 80.8 Å². The molecule has 60 heavy (non-hydrogen) atoms. The minimum Gasteiger partial charge on any atom is -0.444 e. The standard InChI is InChI=1S/C44H58F2N6O8/c1-42(2,3)60-41(59)50-34(28-20-22-44(45,46)23-21-28)40(58)52-25-29-32(43(29,4)5)35(52)37(55)48-30(19-18-26-14-10-8-11-15-26)36(54)38(56)47-24-31(53)49-33(39(57)51(6)7)27-16-12-9-13-17-27/h8-17,28-30,32-35H,18-25H2,1-7H3,(H,47,56)(H,48,55)(H,49,53)(H,50,59)/t29-,30?,32-,33?,34?,35?/m1/s1. The lowest BCUT2D eigenvalue weighted by atomic mass is 9.81. The van der Waals surface area contributed by atoms with Crippen molar-refractivity contribution in [1.82, 2.24) is 31.1 Å². The quantitative estimate of drug-likeness (QED) is 0.195. The van der Waals surface area contributed by atoms with Gasteiger partial charge in [0.2, 0.25) is 35.3 Å². The summed E-state index contributed by atoms with van der Waals surface area (Å²) >= 11 is 0. The van der Waals surface area contributed by atoms with E-state index in [1.54, 1.807) is 65.2 Å². The topological polar surface area (TPSA) is 183 Å². The van der Waals surface area contributed by atoms with Crippen LogP contribution in [0.25, 0.3) is 0 Å². The highest BCUT2D eigenvalue weighted by atomic mass is 19.3. The first-order valence-electron chi connectivity index (χ1n) is 20.5. The summed E-state index contributed by atoms with van der Waals surface area (Å²) in [5.74, 6) is -8.58. The lowest BCUT2D eigenvalue weighted by Gasteiger charge is -2.38. The highest BCUT2D eigenvalue weighted by Gasteiger charge is 2.70. The normalized spacial score (nSPS) is 21.9. The SMILES string of the molecule is CN(C)C(=O)C(NC(=O)CNC(=O)C(=O)C(CCc1ccccc1)NC(=O)C1[C@H]2[C@@H](CN1C(=O)C(NC(=O)OC(C)(C)C)C1CCC(F)(F)CC1)C2(C)C)c1ccccc1. The van der Waals surface area contributed by atoms with E-state index in [1.165, 1.54) is 9.80 Å². The average Bonchev–Trinajstić information content (AvgIpc) is 3.48. The molecule has 0 bridgehead atoms. The molecule has 5 rings (SSSR count). The molecule has 6 amide bonds. The fourth-order valence-corrected chi connectivity index (χ4v) is 8.49. The van der Waals surface area contributed by atoms with E-state index in [2.05, 4.69) is 21.3 Å². The Labute approximate surface area is 349 Å². The lowest BCUT2D eigenvalue weighted by molar-refractivity contribution is -0.145. The molecule has 326 valence electrons. The predicted octanol–water partition coefficient (Wildman–Crippen LogP) is 3.94. The van der Waals surface area contributed by atoms with Crippen LogP contribution in [0.1, 0.15) is 83.9 Å². The number of alkyl carbamates (subject to hydrolysis) is 1. The molecule has 16 heteroatoms. The zero-order valence-corrected chi connectivity index (χ0v) is 35.4. The number of alkyl halides is 2. The van der Waals surface area contributed by atoms with Gasteiger partial charge in [-0.3, -0.25) is 28.8 Å². The molecular formula is C44H58F2N6O8. The molecule has 1 aliphatic heterocycles. The minimum absolute atomic E-state index is 0.00111. The Morgan fingerprint density at radius 2 is 1.48 bits per heavy atom. The fourth-order valence-electron chi connectivity index (χ4n) is 8.49. The highest BCUT2D eigenvalue weighted by Crippen LogP contribution is 2.65. The molecule has 0 aromatic heterocycles. The van der Waals surface area contributed by atoms with Crippen LogP contribution in [0.4, 0.5) is 13.6 Å². The summed E-state index contributed by atoms with van der Waals surface area (Å²) in [7, 11) is 3.08. The molecule has 1 saturated heterocycles. The number of rotatable bonds is 15. The number of likely N-dealkylation sites (N-methyl/N-ethyl adjacent to an activating group) is 1. The van der Waals surface area contributed by atoms with Crippen molar-refractivity contribution in [3.05, 3.63) is 71.8 Å². The average molecular weight is 837 g/mol. The number of carbonyl (C=O) groups is 7. The minimum atomic E-state index is -2.90. The number of carbonyl (C=O) groups excluding carboxylic acids is 7.